The fourth-order valence-electron chi connectivity index (χ4n) is 3.10. The molecule has 1 nitrogen and oxygen atoms in total. The van der Waals surface area contributed by atoms with Gasteiger partial charge in [0.2, 0.25) is 0 Å². The van der Waals surface area contributed by atoms with Crippen LogP contribution in [0.5, 0.6) is 0 Å². The second-order valence-corrected chi connectivity index (χ2v) is 5.84. The average Bonchev–Trinajstić information content (AvgIpc) is 2.46. The van der Waals surface area contributed by atoms with Crippen LogP contribution in [-0.2, 0) is 12.8 Å². The molecule has 0 saturated carbocycles. The van der Waals surface area contributed by atoms with Crippen molar-refractivity contribution in [1.29, 1.82) is 0 Å². The molecule has 0 saturated heterocycles. The summed E-state index contributed by atoms with van der Waals surface area (Å²) in [5.41, 5.74) is 6.71. The van der Waals surface area contributed by atoms with E-state index in [0.29, 0.717) is 0 Å². The van der Waals surface area contributed by atoms with Crippen molar-refractivity contribution in [2.24, 2.45) is 0 Å². The second-order valence-electron chi connectivity index (χ2n) is 5.84. The van der Waals surface area contributed by atoms with Crippen LogP contribution in [0.15, 0.2) is 36.4 Å². The van der Waals surface area contributed by atoms with E-state index in [1.165, 1.54) is 29.5 Å². The topological polar surface area (TPSA) is 17.1 Å². The zero-order chi connectivity index (χ0) is 14.1. The van der Waals surface area contributed by atoms with Crippen molar-refractivity contribution in [3.63, 3.8) is 0 Å². The van der Waals surface area contributed by atoms with Crippen molar-refractivity contribution in [1.82, 2.24) is 0 Å². The molecule has 0 unspecified atom stereocenters. The molecule has 102 valence electrons. The Hall–Kier alpha value is -1.89. The van der Waals surface area contributed by atoms with E-state index in [2.05, 4.69) is 25.1 Å². The van der Waals surface area contributed by atoms with Gasteiger partial charge in [0.15, 0.2) is 5.78 Å². The molecular formula is C19H20O. The molecule has 1 aliphatic carbocycles. The molecule has 0 bridgehead atoms. The van der Waals surface area contributed by atoms with Gasteiger partial charge in [-0.15, -0.1) is 0 Å². The highest BCUT2D eigenvalue weighted by Crippen LogP contribution is 2.24. The number of carbonyl (C=O) groups is 1. The van der Waals surface area contributed by atoms with Crippen LogP contribution in [-0.4, -0.2) is 5.78 Å². The molecule has 1 aliphatic rings. The van der Waals surface area contributed by atoms with E-state index < -0.39 is 0 Å². The molecule has 20 heavy (non-hydrogen) atoms. The van der Waals surface area contributed by atoms with Crippen LogP contribution in [0.4, 0.5) is 0 Å². The minimum absolute atomic E-state index is 0.149. The third-order valence-corrected chi connectivity index (χ3v) is 4.24. The van der Waals surface area contributed by atoms with Crippen molar-refractivity contribution in [2.45, 2.75) is 39.5 Å². The Kier molecular flexibility index (Phi) is 3.43. The van der Waals surface area contributed by atoms with Crippen molar-refractivity contribution in [3.8, 4) is 0 Å². The lowest BCUT2D eigenvalue weighted by Crippen LogP contribution is -2.08. The number of ketones is 1. The Morgan fingerprint density at radius 1 is 0.900 bits per heavy atom. The second kappa shape index (κ2) is 5.24. The number of fused-ring (bicyclic) bond motifs is 1. The molecule has 0 heterocycles. The predicted octanol–water partition coefficient (Wildman–Crippen LogP) is 4.41. The standard InChI is InChI=1S/C19H20O/c1-13-7-10-18(14(2)11-13)19(20)17-9-8-15-5-3-4-6-16(15)12-17/h7-12H,3-6H2,1-2H3. The molecule has 0 spiro atoms. The number of hydrogen-bond donors (Lipinski definition) is 0. The average molecular weight is 264 g/mol. The maximum atomic E-state index is 12.7. The Labute approximate surface area is 120 Å². The smallest absolute Gasteiger partial charge is 0.193 e. The summed E-state index contributed by atoms with van der Waals surface area (Å²) >= 11 is 0. The summed E-state index contributed by atoms with van der Waals surface area (Å²) in [6, 6.07) is 12.3. The summed E-state index contributed by atoms with van der Waals surface area (Å²) in [7, 11) is 0. The van der Waals surface area contributed by atoms with Gasteiger partial charge in [-0.25, -0.2) is 0 Å². The van der Waals surface area contributed by atoms with Gasteiger partial charge in [-0.2, -0.15) is 0 Å². The predicted molar refractivity (Wildman–Crippen MR) is 82.4 cm³/mol. The molecule has 0 atom stereocenters. The molecule has 2 aromatic carbocycles. The van der Waals surface area contributed by atoms with Crippen molar-refractivity contribution < 1.29 is 4.79 Å². The Balaban J connectivity index is 1.98. The first-order valence-corrected chi connectivity index (χ1v) is 7.39. The van der Waals surface area contributed by atoms with Gasteiger partial charge in [0.25, 0.3) is 0 Å². The lowest BCUT2D eigenvalue weighted by molar-refractivity contribution is 0.103. The van der Waals surface area contributed by atoms with Crippen LogP contribution in [0.3, 0.4) is 0 Å². The van der Waals surface area contributed by atoms with E-state index in [4.69, 9.17) is 0 Å². The third kappa shape index (κ3) is 2.40. The van der Waals surface area contributed by atoms with E-state index in [-0.39, 0.29) is 5.78 Å². The summed E-state index contributed by atoms with van der Waals surface area (Å²) in [4.78, 5) is 12.7. The lowest BCUT2D eigenvalue weighted by Gasteiger charge is -2.16. The summed E-state index contributed by atoms with van der Waals surface area (Å²) < 4.78 is 0. The van der Waals surface area contributed by atoms with Gasteiger partial charge in [0, 0.05) is 11.1 Å². The van der Waals surface area contributed by atoms with Crippen LogP contribution in [0, 0.1) is 13.8 Å². The number of hydrogen-bond acceptors (Lipinski definition) is 1. The quantitative estimate of drug-likeness (QED) is 0.734. The normalized spacial score (nSPS) is 13.9. The van der Waals surface area contributed by atoms with E-state index in [9.17, 15) is 4.79 Å². The molecule has 0 N–H and O–H groups in total. The van der Waals surface area contributed by atoms with Gasteiger partial charge in [-0.05, 0) is 62.3 Å². The maximum absolute atomic E-state index is 12.7. The lowest BCUT2D eigenvalue weighted by atomic mass is 9.88. The van der Waals surface area contributed by atoms with Gasteiger partial charge in [0.05, 0.1) is 0 Å². The highest BCUT2D eigenvalue weighted by molar-refractivity contribution is 6.10. The largest absolute Gasteiger partial charge is 0.289 e. The Morgan fingerprint density at radius 3 is 2.40 bits per heavy atom. The number of carbonyl (C=O) groups excluding carboxylic acids is 1. The maximum Gasteiger partial charge on any atom is 0.193 e. The van der Waals surface area contributed by atoms with E-state index in [1.807, 2.05) is 25.1 Å². The SMILES string of the molecule is Cc1ccc(C(=O)c2ccc3c(c2)CCCC3)c(C)c1. The van der Waals surface area contributed by atoms with Crippen molar-refractivity contribution in [2.75, 3.05) is 0 Å². The summed E-state index contributed by atoms with van der Waals surface area (Å²) in [6.45, 7) is 4.07. The third-order valence-electron chi connectivity index (χ3n) is 4.24. The van der Waals surface area contributed by atoms with Gasteiger partial charge >= 0.3 is 0 Å². The summed E-state index contributed by atoms with van der Waals surface area (Å²) in [5, 5.41) is 0. The molecule has 0 fully saturated rings. The first-order chi connectivity index (χ1) is 9.65. The molecule has 0 aromatic heterocycles. The molecule has 0 radical (unpaired) electrons. The molecule has 2 aromatic rings. The minimum Gasteiger partial charge on any atom is -0.289 e. The fourth-order valence-corrected chi connectivity index (χ4v) is 3.10. The molecule has 3 rings (SSSR count). The molecular weight excluding hydrogens is 244 g/mol. The highest BCUT2D eigenvalue weighted by atomic mass is 16.1. The number of aryl methyl sites for hydroxylation is 4. The summed E-state index contributed by atoms with van der Waals surface area (Å²) in [5.74, 6) is 0.149. The zero-order valence-corrected chi connectivity index (χ0v) is 12.2. The van der Waals surface area contributed by atoms with E-state index in [0.717, 1.165) is 29.5 Å². The first-order valence-electron chi connectivity index (χ1n) is 7.39. The van der Waals surface area contributed by atoms with Gasteiger partial charge in [0.1, 0.15) is 0 Å². The zero-order valence-electron chi connectivity index (χ0n) is 12.2. The number of benzene rings is 2. The van der Waals surface area contributed by atoms with Gasteiger partial charge in [-0.3, -0.25) is 4.79 Å². The van der Waals surface area contributed by atoms with Crippen LogP contribution in [0.1, 0.15) is 51.0 Å². The highest BCUT2D eigenvalue weighted by Gasteiger charge is 2.15. The molecule has 0 aliphatic heterocycles. The van der Waals surface area contributed by atoms with Crippen LogP contribution in [0.2, 0.25) is 0 Å². The van der Waals surface area contributed by atoms with Crippen molar-refractivity contribution >= 4 is 5.78 Å². The molecule has 0 amide bonds. The van der Waals surface area contributed by atoms with Gasteiger partial charge in [-0.1, -0.05) is 35.9 Å². The van der Waals surface area contributed by atoms with Crippen LogP contribution in [0.25, 0.3) is 0 Å². The minimum atomic E-state index is 0.149. The van der Waals surface area contributed by atoms with Crippen LogP contribution >= 0.6 is 0 Å². The fraction of sp³-hybridized carbons (Fsp3) is 0.316. The number of rotatable bonds is 2. The van der Waals surface area contributed by atoms with Crippen molar-refractivity contribution in [3.05, 3.63) is 69.8 Å². The Bertz CT molecular complexity index is 667. The summed E-state index contributed by atoms with van der Waals surface area (Å²) in [6.07, 6.45) is 4.79. The molecule has 1 heteroatoms. The van der Waals surface area contributed by atoms with E-state index in [1.54, 1.807) is 0 Å². The Morgan fingerprint density at radius 2 is 1.65 bits per heavy atom. The van der Waals surface area contributed by atoms with Gasteiger partial charge < -0.3 is 0 Å². The monoisotopic (exact) mass is 264 g/mol. The van der Waals surface area contributed by atoms with E-state index >= 15 is 0 Å². The first kappa shape index (κ1) is 13.1. The van der Waals surface area contributed by atoms with Crippen LogP contribution < -0.4 is 0 Å².